The quantitative estimate of drug-likeness (QED) is 0.129. The summed E-state index contributed by atoms with van der Waals surface area (Å²) in [6.07, 6.45) is 3.41. The van der Waals surface area contributed by atoms with Gasteiger partial charge in [-0.15, -0.1) is 11.8 Å². The highest BCUT2D eigenvalue weighted by molar-refractivity contribution is 8.00. The number of nitrogens with zero attached hydrogens (tertiary/aromatic N) is 3. The van der Waals surface area contributed by atoms with Crippen molar-refractivity contribution in [2.24, 2.45) is 5.16 Å². The summed E-state index contributed by atoms with van der Waals surface area (Å²) in [4.78, 5) is 57.0. The number of carbonyl (C=O) groups excluding carboxylic acids is 2. The zero-order valence-corrected chi connectivity index (χ0v) is 17.7. The molecule has 12 nitrogen and oxygen atoms in total. The van der Waals surface area contributed by atoms with E-state index >= 15 is 0 Å². The molecule has 3 heterocycles. The predicted octanol–water partition coefficient (Wildman–Crippen LogP) is 0.109. The topological polar surface area (TPSA) is 185 Å². The fraction of sp³-hybridized carbons (Fsp3) is 0.250. The largest absolute Gasteiger partial charge is 0.478 e. The number of nitrogens with two attached hydrogens (primary N) is 1. The van der Waals surface area contributed by atoms with E-state index in [1.807, 2.05) is 0 Å². The Bertz CT molecular complexity index is 1040. The third kappa shape index (κ3) is 4.81. The number of nitrogen functional groups attached to an aromatic ring is 1. The first-order valence-electron chi connectivity index (χ1n) is 8.41. The molecule has 2 aliphatic rings. The van der Waals surface area contributed by atoms with E-state index in [0.717, 1.165) is 28.4 Å². The van der Waals surface area contributed by atoms with Gasteiger partial charge >= 0.3 is 11.9 Å². The lowest BCUT2D eigenvalue weighted by atomic mass is 10.0. The molecule has 0 bridgehead atoms. The number of hydrogen-bond acceptors (Lipinski definition) is 10. The van der Waals surface area contributed by atoms with Gasteiger partial charge in [0.2, 0.25) is 0 Å². The van der Waals surface area contributed by atoms with Crippen LogP contribution < -0.4 is 11.1 Å². The molecule has 31 heavy (non-hydrogen) atoms. The Kier molecular flexibility index (Phi) is 6.82. The summed E-state index contributed by atoms with van der Waals surface area (Å²) >= 11 is 8.24. The molecule has 0 radical (unpaired) electrons. The van der Waals surface area contributed by atoms with E-state index in [4.69, 9.17) is 27.3 Å². The molecule has 2 amide bonds. The van der Waals surface area contributed by atoms with E-state index in [1.54, 1.807) is 0 Å². The number of thiazole rings is 1. The van der Waals surface area contributed by atoms with Crippen LogP contribution in [0.5, 0.6) is 0 Å². The number of carboxylic acid groups (broad SMARTS) is 2. The summed E-state index contributed by atoms with van der Waals surface area (Å²) in [7, 11) is 0. The number of aliphatic carboxylic acids is 2. The van der Waals surface area contributed by atoms with Crippen molar-refractivity contribution in [3.63, 3.8) is 0 Å². The van der Waals surface area contributed by atoms with Gasteiger partial charge in [0.15, 0.2) is 10.8 Å². The number of amides is 2. The number of rotatable bonds is 8. The summed E-state index contributed by atoms with van der Waals surface area (Å²) < 4.78 is 0.0563. The zero-order valence-electron chi connectivity index (χ0n) is 15.4. The van der Waals surface area contributed by atoms with Crippen molar-refractivity contribution in [3.05, 3.63) is 34.0 Å². The van der Waals surface area contributed by atoms with Crippen molar-refractivity contribution in [3.8, 4) is 0 Å². The van der Waals surface area contributed by atoms with Gasteiger partial charge in [-0.1, -0.05) is 28.1 Å². The highest BCUT2D eigenvalue weighted by Crippen LogP contribution is 2.37. The van der Waals surface area contributed by atoms with Gasteiger partial charge in [0, 0.05) is 11.8 Å². The summed E-state index contributed by atoms with van der Waals surface area (Å²) in [5.41, 5.74) is 5.02. The molecule has 1 aromatic rings. The van der Waals surface area contributed by atoms with Crippen LogP contribution in [-0.4, -0.2) is 73.3 Å². The van der Waals surface area contributed by atoms with Gasteiger partial charge in [0.05, 0.1) is 0 Å². The molecule has 0 aromatic carbocycles. The molecule has 164 valence electrons. The first kappa shape index (κ1) is 22.6. The molecular formula is C16H14ClN5O7S2. The van der Waals surface area contributed by atoms with Gasteiger partial charge in [-0.05, 0) is 12.2 Å². The van der Waals surface area contributed by atoms with Crippen molar-refractivity contribution in [2.75, 3.05) is 18.1 Å². The number of hydrogen-bond donors (Lipinski definition) is 4. The summed E-state index contributed by atoms with van der Waals surface area (Å²) in [6.45, 7) is -0.262. The second-order valence-corrected chi connectivity index (χ2v) is 8.71. The molecule has 0 aliphatic carbocycles. The number of oxime groups is 1. The Morgan fingerprint density at radius 1 is 1.45 bits per heavy atom. The maximum absolute atomic E-state index is 12.8. The fourth-order valence-corrected chi connectivity index (χ4v) is 4.82. The van der Waals surface area contributed by atoms with Gasteiger partial charge in [-0.25, -0.2) is 14.6 Å². The van der Waals surface area contributed by atoms with E-state index in [0.29, 0.717) is 5.75 Å². The molecule has 0 spiro atoms. The summed E-state index contributed by atoms with van der Waals surface area (Å²) in [6, 6.07) is -0.993. The van der Waals surface area contributed by atoms with E-state index in [1.165, 1.54) is 17.8 Å². The van der Waals surface area contributed by atoms with Gasteiger partial charge in [0.25, 0.3) is 11.8 Å². The third-order valence-corrected chi connectivity index (χ3v) is 6.25. The molecule has 15 heteroatoms. The molecule has 3 rings (SSSR count). The fourth-order valence-electron chi connectivity index (χ4n) is 2.70. The highest BCUT2D eigenvalue weighted by atomic mass is 35.5. The smallest absolute Gasteiger partial charge is 0.352 e. The van der Waals surface area contributed by atoms with Crippen LogP contribution in [0.1, 0.15) is 5.69 Å². The lowest BCUT2D eigenvalue weighted by Gasteiger charge is -2.48. The standard InChI is InChI=1S/C16H14ClN5O7S2/c17-11-8(20-16(18)31-11)9(21-29-4-1-2-7(23)24)12(25)19-10-13(26)22-6(15(27)28)3-5-30-14(10)22/h1-3,10,14H,4-5H2,(H2,18,20)(H,19,25)(H,23,24)(H,27,28)/b2-1?,21-9-/t10?,14-/m0/s1. The number of nitrogens with one attached hydrogen (secondary N) is 1. The van der Waals surface area contributed by atoms with E-state index in [-0.39, 0.29) is 33.2 Å². The minimum Gasteiger partial charge on any atom is -0.478 e. The van der Waals surface area contributed by atoms with Crippen molar-refractivity contribution in [1.29, 1.82) is 0 Å². The van der Waals surface area contributed by atoms with Crippen LogP contribution in [-0.2, 0) is 24.0 Å². The van der Waals surface area contributed by atoms with Crippen molar-refractivity contribution in [1.82, 2.24) is 15.2 Å². The normalized spacial score (nSPS) is 20.7. The Morgan fingerprint density at radius 2 is 2.19 bits per heavy atom. The SMILES string of the molecule is Nc1nc(/C(=N/OCC=CC(=O)O)C(=O)NC2C(=O)N3C(C(=O)O)=CCS[C@@H]23)c(Cl)s1. The van der Waals surface area contributed by atoms with Crippen LogP contribution in [0.25, 0.3) is 0 Å². The number of carbonyl (C=O) groups is 4. The number of halogens is 1. The number of anilines is 1. The molecule has 1 aromatic heterocycles. The molecular weight excluding hydrogens is 474 g/mol. The Balaban J connectivity index is 1.77. The van der Waals surface area contributed by atoms with Crippen molar-refractivity contribution >= 4 is 69.3 Å². The van der Waals surface area contributed by atoms with Crippen LogP contribution >= 0.6 is 34.7 Å². The van der Waals surface area contributed by atoms with Crippen LogP contribution in [0, 0.1) is 0 Å². The number of β-lactam (4-membered cyclic amide) rings is 1. The van der Waals surface area contributed by atoms with E-state index in [2.05, 4.69) is 15.5 Å². The Morgan fingerprint density at radius 3 is 2.81 bits per heavy atom. The summed E-state index contributed by atoms with van der Waals surface area (Å²) in [5.74, 6) is -3.50. The highest BCUT2D eigenvalue weighted by Gasteiger charge is 2.53. The third-order valence-electron chi connectivity index (χ3n) is 3.98. The number of aromatic nitrogens is 1. The number of carboxylic acids is 2. The zero-order chi connectivity index (χ0) is 22.7. The van der Waals surface area contributed by atoms with Crippen molar-refractivity contribution in [2.45, 2.75) is 11.4 Å². The van der Waals surface area contributed by atoms with Crippen LogP contribution in [0.3, 0.4) is 0 Å². The minimum atomic E-state index is -1.24. The lowest BCUT2D eigenvalue weighted by Crippen LogP contribution is -2.70. The first-order chi connectivity index (χ1) is 14.7. The van der Waals surface area contributed by atoms with Crippen LogP contribution in [0.4, 0.5) is 5.13 Å². The van der Waals surface area contributed by atoms with E-state index in [9.17, 15) is 24.3 Å². The second-order valence-electron chi connectivity index (χ2n) is 5.93. The number of fused-ring (bicyclic) bond motifs is 1. The van der Waals surface area contributed by atoms with Crippen LogP contribution in [0.15, 0.2) is 29.1 Å². The maximum Gasteiger partial charge on any atom is 0.352 e. The molecule has 1 fully saturated rings. The van der Waals surface area contributed by atoms with Gasteiger partial charge < -0.3 is 26.1 Å². The van der Waals surface area contributed by atoms with Gasteiger partial charge in [-0.2, -0.15) is 0 Å². The Labute approximate surface area is 187 Å². The lowest BCUT2D eigenvalue weighted by molar-refractivity contribution is -0.150. The molecule has 0 saturated carbocycles. The minimum absolute atomic E-state index is 0.0563. The predicted molar refractivity (Wildman–Crippen MR) is 112 cm³/mol. The monoisotopic (exact) mass is 487 g/mol. The molecule has 2 aliphatic heterocycles. The average molecular weight is 488 g/mol. The average Bonchev–Trinajstić information content (AvgIpc) is 3.05. The van der Waals surface area contributed by atoms with Gasteiger partial charge in [0.1, 0.15) is 33.7 Å². The molecule has 5 N–H and O–H groups in total. The molecule has 1 unspecified atom stereocenters. The molecule has 2 atom stereocenters. The van der Waals surface area contributed by atoms with Gasteiger partial charge in [-0.3, -0.25) is 14.5 Å². The number of thioether (sulfide) groups is 1. The Hall–Kier alpha value is -3.10. The molecule has 1 saturated heterocycles. The first-order valence-corrected chi connectivity index (χ1v) is 10.7. The summed E-state index contributed by atoms with van der Waals surface area (Å²) in [5, 5.41) is 23.4. The second kappa shape index (κ2) is 9.36. The van der Waals surface area contributed by atoms with Crippen LogP contribution in [0.2, 0.25) is 4.34 Å². The van der Waals surface area contributed by atoms with Crippen molar-refractivity contribution < 1.29 is 34.2 Å². The maximum atomic E-state index is 12.8. The van der Waals surface area contributed by atoms with E-state index < -0.39 is 35.2 Å².